The van der Waals surface area contributed by atoms with Gasteiger partial charge in [-0.15, -0.1) is 0 Å². The minimum atomic E-state index is -0.439. The molecule has 0 saturated carbocycles. The SMILES string of the molecule is NC(Cc1cccnc1)c1cccc(Cl)c1F. The van der Waals surface area contributed by atoms with E-state index in [4.69, 9.17) is 17.3 Å². The normalized spacial score (nSPS) is 12.4. The molecule has 0 bridgehead atoms. The molecule has 2 nitrogen and oxygen atoms in total. The predicted octanol–water partition coefficient (Wildman–Crippen LogP) is 3.12. The van der Waals surface area contributed by atoms with Crippen molar-refractivity contribution in [2.24, 2.45) is 5.73 Å². The van der Waals surface area contributed by atoms with Gasteiger partial charge < -0.3 is 5.73 Å². The lowest BCUT2D eigenvalue weighted by molar-refractivity contribution is 0.580. The first-order valence-electron chi connectivity index (χ1n) is 5.27. The van der Waals surface area contributed by atoms with Crippen molar-refractivity contribution in [1.29, 1.82) is 0 Å². The van der Waals surface area contributed by atoms with Crippen LogP contribution in [-0.4, -0.2) is 4.98 Å². The van der Waals surface area contributed by atoms with Gasteiger partial charge in [-0.25, -0.2) is 4.39 Å². The first-order chi connectivity index (χ1) is 8.18. The van der Waals surface area contributed by atoms with Crippen LogP contribution in [0, 0.1) is 5.82 Å². The Morgan fingerprint density at radius 1 is 1.29 bits per heavy atom. The highest BCUT2D eigenvalue weighted by atomic mass is 35.5. The van der Waals surface area contributed by atoms with Gasteiger partial charge in [0.2, 0.25) is 0 Å². The third-order valence-corrected chi connectivity index (χ3v) is 2.85. The lowest BCUT2D eigenvalue weighted by Gasteiger charge is -2.13. The van der Waals surface area contributed by atoms with Crippen LogP contribution in [0.1, 0.15) is 17.2 Å². The third-order valence-electron chi connectivity index (χ3n) is 2.56. The summed E-state index contributed by atoms with van der Waals surface area (Å²) < 4.78 is 13.7. The fraction of sp³-hybridized carbons (Fsp3) is 0.154. The lowest BCUT2D eigenvalue weighted by atomic mass is 10.0. The maximum Gasteiger partial charge on any atom is 0.146 e. The molecule has 0 aliphatic heterocycles. The number of pyridine rings is 1. The number of nitrogens with zero attached hydrogens (tertiary/aromatic N) is 1. The van der Waals surface area contributed by atoms with Gasteiger partial charge in [-0.3, -0.25) is 4.98 Å². The van der Waals surface area contributed by atoms with E-state index in [2.05, 4.69) is 4.98 Å². The van der Waals surface area contributed by atoms with Crippen LogP contribution < -0.4 is 5.73 Å². The molecule has 0 aliphatic carbocycles. The molecule has 1 aromatic carbocycles. The van der Waals surface area contributed by atoms with E-state index >= 15 is 0 Å². The molecule has 4 heteroatoms. The highest BCUT2D eigenvalue weighted by molar-refractivity contribution is 6.30. The number of nitrogens with two attached hydrogens (primary N) is 1. The second kappa shape index (κ2) is 5.25. The molecule has 1 heterocycles. The first-order valence-corrected chi connectivity index (χ1v) is 5.64. The van der Waals surface area contributed by atoms with Gasteiger partial charge in [0, 0.05) is 24.0 Å². The van der Waals surface area contributed by atoms with E-state index in [9.17, 15) is 4.39 Å². The van der Waals surface area contributed by atoms with Gasteiger partial charge in [-0.2, -0.15) is 0 Å². The summed E-state index contributed by atoms with van der Waals surface area (Å²) in [6.45, 7) is 0. The van der Waals surface area contributed by atoms with Gasteiger partial charge in [0.15, 0.2) is 0 Å². The Morgan fingerprint density at radius 2 is 2.12 bits per heavy atom. The van der Waals surface area contributed by atoms with Crippen molar-refractivity contribution in [2.45, 2.75) is 12.5 Å². The zero-order chi connectivity index (χ0) is 12.3. The smallest absolute Gasteiger partial charge is 0.146 e. The van der Waals surface area contributed by atoms with Gasteiger partial charge in [0.1, 0.15) is 5.82 Å². The summed E-state index contributed by atoms with van der Waals surface area (Å²) in [6.07, 6.45) is 3.95. The standard InChI is InChI=1S/C13H12ClFN2/c14-11-5-1-4-10(13(11)15)12(16)7-9-3-2-6-17-8-9/h1-6,8,12H,7,16H2. The minimum Gasteiger partial charge on any atom is -0.324 e. The van der Waals surface area contributed by atoms with Crippen molar-refractivity contribution in [2.75, 3.05) is 0 Å². The average Bonchev–Trinajstić information content (AvgIpc) is 2.34. The highest BCUT2D eigenvalue weighted by Gasteiger charge is 2.14. The molecule has 2 N–H and O–H groups in total. The quantitative estimate of drug-likeness (QED) is 0.909. The van der Waals surface area contributed by atoms with E-state index in [1.54, 1.807) is 24.5 Å². The van der Waals surface area contributed by atoms with Crippen molar-refractivity contribution >= 4 is 11.6 Å². The fourth-order valence-corrected chi connectivity index (χ4v) is 1.87. The molecule has 0 radical (unpaired) electrons. The molecule has 0 saturated heterocycles. The van der Waals surface area contributed by atoms with E-state index < -0.39 is 11.9 Å². The lowest BCUT2D eigenvalue weighted by Crippen LogP contribution is -2.15. The molecular formula is C13H12ClFN2. The molecular weight excluding hydrogens is 239 g/mol. The van der Waals surface area contributed by atoms with Crippen molar-refractivity contribution in [1.82, 2.24) is 4.98 Å². The Kier molecular flexibility index (Phi) is 3.71. The van der Waals surface area contributed by atoms with E-state index in [0.717, 1.165) is 5.56 Å². The average molecular weight is 251 g/mol. The summed E-state index contributed by atoms with van der Waals surface area (Å²) in [4.78, 5) is 4.00. The molecule has 0 spiro atoms. The monoisotopic (exact) mass is 250 g/mol. The van der Waals surface area contributed by atoms with Crippen LogP contribution in [0.5, 0.6) is 0 Å². The number of halogens is 2. The van der Waals surface area contributed by atoms with Gasteiger partial charge in [-0.1, -0.05) is 29.8 Å². The second-order valence-corrected chi connectivity index (χ2v) is 4.22. The fourth-order valence-electron chi connectivity index (χ4n) is 1.69. The largest absolute Gasteiger partial charge is 0.324 e. The number of rotatable bonds is 3. The molecule has 1 atom stereocenters. The van der Waals surface area contributed by atoms with E-state index in [1.165, 1.54) is 6.07 Å². The summed E-state index contributed by atoms with van der Waals surface area (Å²) in [6, 6.07) is 8.19. The van der Waals surface area contributed by atoms with Crippen molar-refractivity contribution in [3.63, 3.8) is 0 Å². The maximum atomic E-state index is 13.7. The number of hydrogen-bond donors (Lipinski definition) is 1. The Labute approximate surface area is 104 Å². The molecule has 0 fully saturated rings. The van der Waals surface area contributed by atoms with Crippen molar-refractivity contribution in [3.05, 3.63) is 64.7 Å². The van der Waals surface area contributed by atoms with E-state index in [-0.39, 0.29) is 5.02 Å². The molecule has 88 valence electrons. The number of aromatic nitrogens is 1. The Hall–Kier alpha value is -1.45. The zero-order valence-electron chi connectivity index (χ0n) is 9.11. The van der Waals surface area contributed by atoms with Crippen molar-refractivity contribution < 1.29 is 4.39 Å². The molecule has 1 aromatic heterocycles. The van der Waals surface area contributed by atoms with Gasteiger partial charge in [0.05, 0.1) is 5.02 Å². The number of hydrogen-bond acceptors (Lipinski definition) is 2. The van der Waals surface area contributed by atoms with Crippen LogP contribution in [0.4, 0.5) is 4.39 Å². The molecule has 0 amide bonds. The van der Waals surface area contributed by atoms with Crippen LogP contribution in [0.15, 0.2) is 42.7 Å². The van der Waals surface area contributed by atoms with Crippen LogP contribution in [-0.2, 0) is 6.42 Å². The first kappa shape index (κ1) is 12.0. The third kappa shape index (κ3) is 2.81. The van der Waals surface area contributed by atoms with Crippen molar-refractivity contribution in [3.8, 4) is 0 Å². The summed E-state index contributed by atoms with van der Waals surface area (Å²) in [7, 11) is 0. The predicted molar refractivity (Wildman–Crippen MR) is 66.3 cm³/mol. The molecule has 17 heavy (non-hydrogen) atoms. The van der Waals surface area contributed by atoms with E-state index in [1.807, 2.05) is 12.1 Å². The highest BCUT2D eigenvalue weighted by Crippen LogP contribution is 2.24. The van der Waals surface area contributed by atoms with Gasteiger partial charge in [0.25, 0.3) is 0 Å². The van der Waals surface area contributed by atoms with Crippen LogP contribution in [0.25, 0.3) is 0 Å². The Balaban J connectivity index is 2.20. The topological polar surface area (TPSA) is 38.9 Å². The maximum absolute atomic E-state index is 13.7. The summed E-state index contributed by atoms with van der Waals surface area (Å²) in [5.41, 5.74) is 7.37. The van der Waals surface area contributed by atoms with Gasteiger partial charge in [-0.05, 0) is 24.1 Å². The Morgan fingerprint density at radius 3 is 2.82 bits per heavy atom. The Bertz CT molecular complexity index is 502. The molecule has 1 unspecified atom stereocenters. The summed E-state index contributed by atoms with van der Waals surface area (Å²) in [5.74, 6) is -0.439. The summed E-state index contributed by atoms with van der Waals surface area (Å²) >= 11 is 5.72. The van der Waals surface area contributed by atoms with E-state index in [0.29, 0.717) is 12.0 Å². The van der Waals surface area contributed by atoms with Crippen LogP contribution in [0.3, 0.4) is 0 Å². The van der Waals surface area contributed by atoms with Crippen LogP contribution >= 0.6 is 11.6 Å². The summed E-state index contributed by atoms with van der Waals surface area (Å²) in [5, 5.41) is 0.101. The molecule has 0 aliphatic rings. The van der Waals surface area contributed by atoms with Crippen LogP contribution in [0.2, 0.25) is 5.02 Å². The minimum absolute atomic E-state index is 0.101. The zero-order valence-corrected chi connectivity index (χ0v) is 9.86. The molecule has 2 rings (SSSR count). The van der Waals surface area contributed by atoms with Gasteiger partial charge >= 0.3 is 0 Å². The second-order valence-electron chi connectivity index (χ2n) is 3.81. The number of benzene rings is 1. The molecule has 2 aromatic rings.